The second kappa shape index (κ2) is 12.8. The van der Waals surface area contributed by atoms with Crippen LogP contribution in [0.15, 0.2) is 175 Å². The molecule has 4 nitrogen and oxygen atoms in total. The van der Waals surface area contributed by atoms with Crippen molar-refractivity contribution in [2.24, 2.45) is 10.7 Å². The van der Waals surface area contributed by atoms with Gasteiger partial charge in [0.05, 0.1) is 11.0 Å². The van der Waals surface area contributed by atoms with Gasteiger partial charge in [0.2, 0.25) is 0 Å². The summed E-state index contributed by atoms with van der Waals surface area (Å²) >= 11 is 0. The molecule has 1 atom stereocenters. The normalized spacial score (nSPS) is 14.0. The Bertz CT molecular complexity index is 2600. The zero-order valence-electron chi connectivity index (χ0n) is 29.4. The molecule has 1 heterocycles. The quantitative estimate of drug-likeness (QED) is 0.125. The SMILES string of the molecule is CC1(C)c2ccccc2-c2c1ccc1c2c2ccccc2n1-c1ccc(C(N=C(N)c2ccccc2)NCc2cccc(-c3ccccc3)c2)cc1. The van der Waals surface area contributed by atoms with Crippen LogP contribution in [-0.4, -0.2) is 10.4 Å². The zero-order valence-corrected chi connectivity index (χ0v) is 29.4. The van der Waals surface area contributed by atoms with Gasteiger partial charge in [-0.05, 0) is 74.8 Å². The number of benzene rings is 7. The first-order chi connectivity index (χ1) is 25.5. The van der Waals surface area contributed by atoms with Crippen molar-refractivity contribution >= 4 is 27.6 Å². The van der Waals surface area contributed by atoms with Gasteiger partial charge in [0.1, 0.15) is 12.0 Å². The third kappa shape index (κ3) is 5.40. The molecule has 1 aliphatic rings. The Morgan fingerprint density at radius 1 is 0.654 bits per heavy atom. The van der Waals surface area contributed by atoms with Crippen molar-refractivity contribution in [2.45, 2.75) is 32.0 Å². The number of nitrogens with two attached hydrogens (primary N) is 1. The molecular weight excluding hydrogens is 633 g/mol. The summed E-state index contributed by atoms with van der Waals surface area (Å²) in [6, 6.07) is 60.3. The first-order valence-corrected chi connectivity index (χ1v) is 18.0. The molecule has 4 heteroatoms. The topological polar surface area (TPSA) is 55.3 Å². The van der Waals surface area contributed by atoms with Crippen LogP contribution in [0.4, 0.5) is 0 Å². The van der Waals surface area contributed by atoms with Crippen molar-refractivity contribution in [3.05, 3.63) is 198 Å². The molecular formula is C48H40N4. The van der Waals surface area contributed by atoms with Gasteiger partial charge in [-0.3, -0.25) is 5.32 Å². The van der Waals surface area contributed by atoms with Crippen molar-refractivity contribution in [1.29, 1.82) is 0 Å². The Kier molecular flexibility index (Phi) is 7.83. The third-order valence-electron chi connectivity index (χ3n) is 10.7. The maximum absolute atomic E-state index is 6.64. The van der Waals surface area contributed by atoms with E-state index in [1.165, 1.54) is 60.8 Å². The smallest absolute Gasteiger partial charge is 0.128 e. The number of amidine groups is 1. The summed E-state index contributed by atoms with van der Waals surface area (Å²) in [5.74, 6) is 0.500. The summed E-state index contributed by atoms with van der Waals surface area (Å²) in [5.41, 5.74) is 21.1. The minimum Gasteiger partial charge on any atom is -0.383 e. The molecule has 1 aromatic heterocycles. The molecule has 0 fully saturated rings. The average Bonchev–Trinajstić information content (AvgIpc) is 3.66. The van der Waals surface area contributed by atoms with E-state index in [2.05, 4.69) is 157 Å². The zero-order chi connectivity index (χ0) is 35.2. The molecule has 1 aliphatic carbocycles. The lowest BCUT2D eigenvalue weighted by molar-refractivity contribution is 0.554. The molecule has 8 aromatic rings. The minimum absolute atomic E-state index is 0.0576. The number of hydrogen-bond acceptors (Lipinski definition) is 2. The first-order valence-electron chi connectivity index (χ1n) is 18.0. The molecule has 0 spiro atoms. The van der Waals surface area contributed by atoms with Crippen molar-refractivity contribution < 1.29 is 0 Å². The lowest BCUT2D eigenvalue weighted by Gasteiger charge is -2.21. The fraction of sp³-hybridized carbons (Fsp3) is 0.104. The number of nitrogens with zero attached hydrogens (tertiary/aromatic N) is 2. The van der Waals surface area contributed by atoms with Gasteiger partial charge in [0.15, 0.2) is 0 Å². The van der Waals surface area contributed by atoms with E-state index in [1.54, 1.807) is 0 Å². The summed E-state index contributed by atoms with van der Waals surface area (Å²) in [6.07, 6.45) is -0.352. The highest BCUT2D eigenvalue weighted by molar-refractivity contribution is 6.17. The Morgan fingerprint density at radius 2 is 1.35 bits per heavy atom. The molecule has 3 N–H and O–H groups in total. The van der Waals surface area contributed by atoms with Gasteiger partial charge in [-0.1, -0.05) is 153 Å². The van der Waals surface area contributed by atoms with Crippen molar-refractivity contribution in [1.82, 2.24) is 9.88 Å². The lowest BCUT2D eigenvalue weighted by atomic mass is 9.82. The fourth-order valence-corrected chi connectivity index (χ4v) is 8.10. The predicted molar refractivity (Wildman–Crippen MR) is 217 cm³/mol. The summed E-state index contributed by atoms with van der Waals surface area (Å²) < 4.78 is 2.40. The van der Waals surface area contributed by atoms with Crippen LogP contribution in [-0.2, 0) is 12.0 Å². The highest BCUT2D eigenvalue weighted by atomic mass is 15.1. The number of fused-ring (bicyclic) bond motifs is 7. The maximum Gasteiger partial charge on any atom is 0.128 e. The molecule has 0 aliphatic heterocycles. The number of para-hydroxylation sites is 1. The van der Waals surface area contributed by atoms with Crippen molar-refractivity contribution in [2.75, 3.05) is 0 Å². The summed E-state index contributed by atoms with van der Waals surface area (Å²) in [4.78, 5) is 5.06. The molecule has 0 bridgehead atoms. The maximum atomic E-state index is 6.64. The molecule has 0 amide bonds. The van der Waals surface area contributed by atoms with E-state index in [1.807, 2.05) is 36.4 Å². The van der Waals surface area contributed by atoms with E-state index in [9.17, 15) is 0 Å². The highest BCUT2D eigenvalue weighted by Crippen LogP contribution is 2.53. The summed E-state index contributed by atoms with van der Waals surface area (Å²) in [7, 11) is 0. The first kappa shape index (κ1) is 31.7. The number of hydrogen-bond donors (Lipinski definition) is 2. The second-order valence-corrected chi connectivity index (χ2v) is 14.2. The highest BCUT2D eigenvalue weighted by Gasteiger charge is 2.37. The van der Waals surface area contributed by atoms with E-state index in [0.29, 0.717) is 12.4 Å². The van der Waals surface area contributed by atoms with Gasteiger partial charge < -0.3 is 10.3 Å². The van der Waals surface area contributed by atoms with E-state index in [-0.39, 0.29) is 11.6 Å². The van der Waals surface area contributed by atoms with Crippen molar-refractivity contribution in [3.8, 4) is 27.9 Å². The van der Waals surface area contributed by atoms with Crippen LogP contribution in [0, 0.1) is 0 Å². The predicted octanol–water partition coefficient (Wildman–Crippen LogP) is 11.0. The van der Waals surface area contributed by atoms with E-state index in [0.717, 1.165) is 16.8 Å². The van der Waals surface area contributed by atoms with Crippen LogP contribution in [0.2, 0.25) is 0 Å². The average molecular weight is 673 g/mol. The van der Waals surface area contributed by atoms with Gasteiger partial charge >= 0.3 is 0 Å². The van der Waals surface area contributed by atoms with E-state index in [4.69, 9.17) is 10.7 Å². The second-order valence-electron chi connectivity index (χ2n) is 14.2. The molecule has 252 valence electrons. The third-order valence-corrected chi connectivity index (χ3v) is 10.7. The minimum atomic E-state index is -0.352. The number of aromatic nitrogens is 1. The fourth-order valence-electron chi connectivity index (χ4n) is 8.10. The van der Waals surface area contributed by atoms with Crippen molar-refractivity contribution in [3.63, 3.8) is 0 Å². The van der Waals surface area contributed by atoms with E-state index >= 15 is 0 Å². The molecule has 0 saturated carbocycles. The molecule has 9 rings (SSSR count). The summed E-state index contributed by atoms with van der Waals surface area (Å²) in [6.45, 7) is 5.33. The van der Waals surface area contributed by atoms with Crippen LogP contribution >= 0.6 is 0 Å². The van der Waals surface area contributed by atoms with Gasteiger partial charge in [0.25, 0.3) is 0 Å². The van der Waals surface area contributed by atoms with Crippen LogP contribution < -0.4 is 11.1 Å². The van der Waals surface area contributed by atoms with E-state index < -0.39 is 0 Å². The van der Waals surface area contributed by atoms with Gasteiger partial charge in [-0.15, -0.1) is 0 Å². The monoisotopic (exact) mass is 672 g/mol. The Hall–Kier alpha value is -6.23. The van der Waals surface area contributed by atoms with Gasteiger partial charge in [0, 0.05) is 34.0 Å². The molecule has 0 radical (unpaired) electrons. The number of nitrogens with one attached hydrogen (secondary N) is 1. The van der Waals surface area contributed by atoms with Crippen LogP contribution in [0.25, 0.3) is 49.7 Å². The Balaban J connectivity index is 1.11. The van der Waals surface area contributed by atoms with Crippen LogP contribution in [0.1, 0.15) is 47.8 Å². The van der Waals surface area contributed by atoms with Crippen LogP contribution in [0.3, 0.4) is 0 Å². The molecule has 0 saturated heterocycles. The number of aliphatic imine (C=N–C) groups is 1. The molecule has 52 heavy (non-hydrogen) atoms. The molecule has 7 aromatic carbocycles. The number of rotatable bonds is 8. The van der Waals surface area contributed by atoms with Gasteiger partial charge in [-0.25, -0.2) is 4.99 Å². The largest absolute Gasteiger partial charge is 0.383 e. The Morgan fingerprint density at radius 3 is 2.15 bits per heavy atom. The molecule has 1 unspecified atom stereocenters. The van der Waals surface area contributed by atoms with Gasteiger partial charge in [-0.2, -0.15) is 0 Å². The standard InChI is InChI=1S/C48H40N4/c1-48(2)40-22-11-9-20-38(40)44-41(48)28-29-43-45(44)39-21-10-12-23-42(39)52(43)37-26-24-35(25-27-37)47(51-46(49)34-17-7-4-8-18-34)50-31-32-14-13-19-36(30-32)33-15-5-3-6-16-33/h3-30,47,50H,31H2,1-2H3,(H2,49,51). The van der Waals surface area contributed by atoms with Crippen LogP contribution in [0.5, 0.6) is 0 Å². The lowest BCUT2D eigenvalue weighted by Crippen LogP contribution is -2.24. The Labute approximate surface area is 304 Å². The summed E-state index contributed by atoms with van der Waals surface area (Å²) in [5, 5.41) is 6.30.